The van der Waals surface area contributed by atoms with Crippen molar-refractivity contribution in [3.63, 3.8) is 0 Å². The number of primary amides is 2. The molecule has 0 aromatic heterocycles. The van der Waals surface area contributed by atoms with Gasteiger partial charge in [-0.05, 0) is 0 Å². The van der Waals surface area contributed by atoms with Crippen LogP contribution in [0.1, 0.15) is 6.42 Å². The Balaban J connectivity index is 3.99. The van der Waals surface area contributed by atoms with Gasteiger partial charge in [0.2, 0.25) is 5.91 Å². The summed E-state index contributed by atoms with van der Waals surface area (Å²) in [6.07, 6.45) is -0.512. The van der Waals surface area contributed by atoms with Crippen molar-refractivity contribution in [3.8, 4) is 0 Å². The second-order valence-corrected chi connectivity index (χ2v) is 3.25. The van der Waals surface area contributed by atoms with Crippen LogP contribution in [0.15, 0.2) is 0 Å². The lowest BCUT2D eigenvalue weighted by atomic mass is 10.2. The molecule has 0 saturated heterocycles. The first-order valence-electron chi connectivity index (χ1n) is 4.91. The van der Waals surface area contributed by atoms with E-state index in [1.54, 1.807) is 0 Å². The van der Waals surface area contributed by atoms with Crippen molar-refractivity contribution in [1.29, 1.82) is 0 Å². The fraction of sp³-hybridized carbons (Fsp3) is 0.500. The van der Waals surface area contributed by atoms with E-state index in [9.17, 15) is 19.2 Å². The molecule has 0 rings (SSSR count). The molecule has 0 unspecified atom stereocenters. The van der Waals surface area contributed by atoms with Crippen molar-refractivity contribution in [1.82, 2.24) is 16.0 Å². The highest BCUT2D eigenvalue weighted by molar-refractivity contribution is 5.87. The number of carboxylic acids is 1. The number of carbonyl (C=O) groups excluding carboxylic acids is 3. The van der Waals surface area contributed by atoms with Crippen LogP contribution < -0.4 is 27.4 Å². The second-order valence-electron chi connectivity index (χ2n) is 3.25. The monoisotopic (exact) mass is 261 g/mol. The van der Waals surface area contributed by atoms with Gasteiger partial charge in [0.05, 0.1) is 6.42 Å². The van der Waals surface area contributed by atoms with E-state index in [2.05, 4.69) is 10.6 Å². The first-order valence-corrected chi connectivity index (χ1v) is 4.91. The summed E-state index contributed by atoms with van der Waals surface area (Å²) in [5.74, 6) is -2.22. The van der Waals surface area contributed by atoms with Crippen LogP contribution in [0.4, 0.5) is 9.59 Å². The zero-order chi connectivity index (χ0) is 14.1. The summed E-state index contributed by atoms with van der Waals surface area (Å²) in [6, 6.07) is -2.93. The highest BCUT2D eigenvalue weighted by Gasteiger charge is 2.21. The Bertz CT molecular complexity index is 345. The summed E-state index contributed by atoms with van der Waals surface area (Å²) in [5, 5.41) is 15.2. The van der Waals surface area contributed by atoms with Gasteiger partial charge in [0.1, 0.15) is 6.04 Å². The van der Waals surface area contributed by atoms with Gasteiger partial charge in [-0.25, -0.2) is 14.4 Å². The molecule has 0 aliphatic heterocycles. The summed E-state index contributed by atoms with van der Waals surface area (Å²) in [4.78, 5) is 42.7. The van der Waals surface area contributed by atoms with Gasteiger partial charge in [0.15, 0.2) is 0 Å². The second kappa shape index (κ2) is 7.70. The Morgan fingerprint density at radius 2 is 1.61 bits per heavy atom. The maximum Gasteiger partial charge on any atom is 0.326 e. The molecule has 5 amide bonds. The third-order valence-corrected chi connectivity index (χ3v) is 1.72. The Morgan fingerprint density at radius 3 is 2.06 bits per heavy atom. The minimum absolute atomic E-state index is 0.0533. The third kappa shape index (κ3) is 7.73. The van der Waals surface area contributed by atoms with Crippen LogP contribution in [0.3, 0.4) is 0 Å². The smallest absolute Gasteiger partial charge is 0.326 e. The number of hydrogen-bond acceptors (Lipinski definition) is 4. The number of urea groups is 2. The van der Waals surface area contributed by atoms with Gasteiger partial charge in [0, 0.05) is 13.1 Å². The Hall–Kier alpha value is -2.52. The maximum atomic E-state index is 11.2. The summed E-state index contributed by atoms with van der Waals surface area (Å²) < 4.78 is 0. The normalized spacial score (nSPS) is 11.1. The minimum atomic E-state index is -1.40. The predicted octanol–water partition coefficient (Wildman–Crippen LogP) is -2.72. The van der Waals surface area contributed by atoms with Crippen LogP contribution in [-0.2, 0) is 9.59 Å². The summed E-state index contributed by atoms with van der Waals surface area (Å²) in [6.45, 7) is 0.147. The van der Waals surface area contributed by atoms with E-state index in [1.165, 1.54) is 0 Å². The van der Waals surface area contributed by atoms with Crippen molar-refractivity contribution in [2.75, 3.05) is 13.1 Å². The fourth-order valence-corrected chi connectivity index (χ4v) is 0.972. The summed E-state index contributed by atoms with van der Waals surface area (Å²) in [7, 11) is 0. The lowest BCUT2D eigenvalue weighted by Crippen LogP contribution is -2.49. The molecule has 1 atom stereocenters. The summed E-state index contributed by atoms with van der Waals surface area (Å²) >= 11 is 0. The quantitative estimate of drug-likeness (QED) is 0.272. The lowest BCUT2D eigenvalue weighted by molar-refractivity contribution is -0.140. The average molecular weight is 261 g/mol. The van der Waals surface area contributed by atoms with Crippen LogP contribution >= 0.6 is 0 Å². The maximum absolute atomic E-state index is 11.2. The van der Waals surface area contributed by atoms with Crippen molar-refractivity contribution in [2.45, 2.75) is 12.5 Å². The van der Waals surface area contributed by atoms with Crippen LogP contribution in [0.2, 0.25) is 0 Å². The molecule has 0 radical (unpaired) electrons. The molecular formula is C8H15N5O5. The van der Waals surface area contributed by atoms with Gasteiger partial charge in [-0.3, -0.25) is 4.79 Å². The molecular weight excluding hydrogens is 246 g/mol. The SMILES string of the molecule is NC(=O)C[C@@H](NC(=O)NCCNC(N)=O)C(=O)O. The van der Waals surface area contributed by atoms with E-state index < -0.39 is 36.4 Å². The Kier molecular flexibility index (Phi) is 6.63. The van der Waals surface area contributed by atoms with E-state index in [0.29, 0.717) is 0 Å². The molecule has 0 aromatic carbocycles. The molecule has 0 heterocycles. The Labute approximate surface area is 102 Å². The molecule has 10 nitrogen and oxygen atoms in total. The number of aliphatic carboxylic acids is 1. The van der Waals surface area contributed by atoms with Gasteiger partial charge in [-0.1, -0.05) is 0 Å². The highest BCUT2D eigenvalue weighted by Crippen LogP contribution is 1.91. The van der Waals surface area contributed by atoms with Gasteiger partial charge in [0.25, 0.3) is 0 Å². The van der Waals surface area contributed by atoms with Crippen molar-refractivity contribution in [3.05, 3.63) is 0 Å². The molecule has 0 aliphatic rings. The molecule has 8 N–H and O–H groups in total. The minimum Gasteiger partial charge on any atom is -0.480 e. The molecule has 0 bridgehead atoms. The van der Waals surface area contributed by atoms with Gasteiger partial charge in [-0.2, -0.15) is 0 Å². The van der Waals surface area contributed by atoms with Gasteiger partial charge < -0.3 is 32.5 Å². The van der Waals surface area contributed by atoms with E-state index in [1.807, 2.05) is 5.32 Å². The number of hydrogen-bond donors (Lipinski definition) is 6. The van der Waals surface area contributed by atoms with Crippen molar-refractivity contribution >= 4 is 23.9 Å². The first kappa shape index (κ1) is 15.5. The van der Waals surface area contributed by atoms with Crippen LogP contribution in [0.5, 0.6) is 0 Å². The van der Waals surface area contributed by atoms with E-state index in [4.69, 9.17) is 16.6 Å². The first-order chi connectivity index (χ1) is 8.32. The molecule has 0 spiro atoms. The number of rotatable bonds is 7. The summed E-state index contributed by atoms with van der Waals surface area (Å²) in [5.41, 5.74) is 9.60. The molecule has 0 saturated carbocycles. The molecule has 0 aliphatic carbocycles. The molecule has 10 heteroatoms. The van der Waals surface area contributed by atoms with Crippen molar-refractivity contribution in [2.24, 2.45) is 11.5 Å². The number of nitrogens with two attached hydrogens (primary N) is 2. The van der Waals surface area contributed by atoms with E-state index in [-0.39, 0.29) is 13.1 Å². The van der Waals surface area contributed by atoms with Crippen molar-refractivity contribution < 1.29 is 24.3 Å². The molecule has 0 aromatic rings. The van der Waals surface area contributed by atoms with E-state index in [0.717, 1.165) is 0 Å². The van der Waals surface area contributed by atoms with Crippen LogP contribution in [-0.4, -0.2) is 48.2 Å². The molecule has 0 fully saturated rings. The van der Waals surface area contributed by atoms with Gasteiger partial charge >= 0.3 is 18.0 Å². The standard InChI is InChI=1S/C8H15N5O5/c9-5(14)3-4(6(15)16)13-8(18)12-2-1-11-7(10)17/h4H,1-3H2,(H2,9,14)(H,15,16)(H3,10,11,17)(H2,12,13,18)/t4-/m1/s1. The number of carbonyl (C=O) groups is 4. The highest BCUT2D eigenvalue weighted by atomic mass is 16.4. The van der Waals surface area contributed by atoms with Crippen LogP contribution in [0, 0.1) is 0 Å². The topological polar surface area (TPSA) is 177 Å². The Morgan fingerprint density at radius 1 is 1.06 bits per heavy atom. The molecule has 102 valence electrons. The zero-order valence-electron chi connectivity index (χ0n) is 9.43. The average Bonchev–Trinajstić information content (AvgIpc) is 2.22. The number of carboxylic acid groups (broad SMARTS) is 1. The molecule has 18 heavy (non-hydrogen) atoms. The van der Waals surface area contributed by atoms with Crippen LogP contribution in [0.25, 0.3) is 0 Å². The lowest BCUT2D eigenvalue weighted by Gasteiger charge is -2.13. The van der Waals surface area contributed by atoms with Gasteiger partial charge in [-0.15, -0.1) is 0 Å². The zero-order valence-corrected chi connectivity index (χ0v) is 9.43. The largest absolute Gasteiger partial charge is 0.480 e. The van der Waals surface area contributed by atoms with E-state index >= 15 is 0 Å². The third-order valence-electron chi connectivity index (χ3n) is 1.72. The predicted molar refractivity (Wildman–Crippen MR) is 59.4 cm³/mol. The number of amides is 5. The fourth-order valence-electron chi connectivity index (χ4n) is 0.972. The number of nitrogens with one attached hydrogen (secondary N) is 3.